The van der Waals surface area contributed by atoms with Crippen molar-refractivity contribution in [2.45, 2.75) is 26.3 Å². The lowest BCUT2D eigenvalue weighted by Gasteiger charge is -2.24. The number of anilines is 1. The van der Waals surface area contributed by atoms with Crippen molar-refractivity contribution < 1.29 is 18.9 Å². The number of imide groups is 1. The van der Waals surface area contributed by atoms with Gasteiger partial charge >= 0.3 is 11.7 Å². The number of hydrogen-bond donors (Lipinski definition) is 0. The fourth-order valence-corrected chi connectivity index (χ4v) is 2.52. The highest BCUT2D eigenvalue weighted by atomic mass is 19.1. The summed E-state index contributed by atoms with van der Waals surface area (Å²) in [5.74, 6) is -1.94. The minimum absolute atomic E-state index is 0.0928. The number of nitro benzene ring substituents is 1. The van der Waals surface area contributed by atoms with Crippen LogP contribution in [0.5, 0.6) is 0 Å². The number of carbonyl (C=O) groups excluding carboxylic acids is 2. The Morgan fingerprint density at radius 2 is 2.00 bits per heavy atom. The van der Waals surface area contributed by atoms with E-state index in [1.54, 1.807) is 25.9 Å². The predicted molar refractivity (Wildman–Crippen MR) is 89.3 cm³/mol. The summed E-state index contributed by atoms with van der Waals surface area (Å²) in [5, 5.41) is 10.9. The van der Waals surface area contributed by atoms with E-state index in [1.165, 1.54) is 23.2 Å². The molecule has 134 valence electrons. The quantitative estimate of drug-likeness (QED) is 0.353. The molecule has 0 spiro atoms. The Morgan fingerprint density at radius 1 is 1.36 bits per heavy atom. The lowest BCUT2D eigenvalue weighted by atomic mass is 10.2. The third-order valence-electron chi connectivity index (χ3n) is 3.89. The first-order valence-corrected chi connectivity index (χ1v) is 7.69. The summed E-state index contributed by atoms with van der Waals surface area (Å²) in [7, 11) is 3.38. The molecule has 0 saturated carbocycles. The Labute approximate surface area is 144 Å². The molecular formula is C16H19FN4O4. The van der Waals surface area contributed by atoms with Gasteiger partial charge in [-0.15, -0.1) is 0 Å². The number of halogens is 1. The van der Waals surface area contributed by atoms with E-state index in [1.807, 2.05) is 6.92 Å². The van der Waals surface area contributed by atoms with Crippen molar-refractivity contribution in [3.63, 3.8) is 0 Å². The van der Waals surface area contributed by atoms with Crippen molar-refractivity contribution in [1.29, 1.82) is 0 Å². The van der Waals surface area contributed by atoms with Gasteiger partial charge < -0.3 is 4.90 Å². The van der Waals surface area contributed by atoms with Crippen LogP contribution in [0.2, 0.25) is 0 Å². The average molecular weight is 350 g/mol. The predicted octanol–water partition coefficient (Wildman–Crippen LogP) is 2.70. The maximum atomic E-state index is 14.5. The second-order valence-corrected chi connectivity index (χ2v) is 5.90. The van der Waals surface area contributed by atoms with Gasteiger partial charge in [0.1, 0.15) is 5.70 Å². The van der Waals surface area contributed by atoms with Crippen LogP contribution in [-0.2, 0) is 4.79 Å². The van der Waals surface area contributed by atoms with E-state index in [-0.39, 0.29) is 11.7 Å². The summed E-state index contributed by atoms with van der Waals surface area (Å²) in [6.45, 7) is 3.62. The van der Waals surface area contributed by atoms with Gasteiger partial charge in [0.25, 0.3) is 5.91 Å². The molecule has 1 aromatic carbocycles. The van der Waals surface area contributed by atoms with Crippen molar-refractivity contribution in [2.24, 2.45) is 0 Å². The number of nitrogens with zero attached hydrogens (tertiary/aromatic N) is 4. The second kappa shape index (κ2) is 6.88. The fraction of sp³-hybridized carbons (Fsp3) is 0.375. The largest absolute Gasteiger partial charge is 0.382 e. The van der Waals surface area contributed by atoms with E-state index in [0.717, 1.165) is 6.07 Å². The van der Waals surface area contributed by atoms with Crippen LogP contribution in [0.3, 0.4) is 0 Å². The molecule has 0 aliphatic carbocycles. The summed E-state index contributed by atoms with van der Waals surface area (Å²) in [5.41, 5.74) is -1.13. The number of rotatable bonds is 5. The van der Waals surface area contributed by atoms with Gasteiger partial charge in [-0.25, -0.2) is 9.69 Å². The van der Waals surface area contributed by atoms with E-state index in [9.17, 15) is 24.1 Å². The fourth-order valence-electron chi connectivity index (χ4n) is 2.52. The molecule has 1 aliphatic rings. The first kappa shape index (κ1) is 18.4. The van der Waals surface area contributed by atoms with Gasteiger partial charge in [-0.05, 0) is 19.4 Å². The van der Waals surface area contributed by atoms with Crippen LogP contribution in [0, 0.1) is 15.9 Å². The Balaban J connectivity index is 2.60. The van der Waals surface area contributed by atoms with Crippen molar-refractivity contribution >= 4 is 23.3 Å². The summed E-state index contributed by atoms with van der Waals surface area (Å²) < 4.78 is 14.5. The highest BCUT2D eigenvalue weighted by molar-refractivity contribution is 6.27. The maximum absolute atomic E-state index is 14.5. The number of carbonyl (C=O) groups is 2. The maximum Gasteiger partial charge on any atom is 0.336 e. The highest BCUT2D eigenvalue weighted by Gasteiger charge is 2.45. The molecule has 8 nitrogen and oxygen atoms in total. The standard InChI is InChI=1S/C16H19FN4O4/c1-5-10(2)19-13(9-18(3)4)15(22)20(16(19)23)11-7-6-8-12(14(11)17)21(24)25/h6-10H,5H2,1-4H3/b13-9-. The van der Waals surface area contributed by atoms with E-state index in [0.29, 0.717) is 11.3 Å². The highest BCUT2D eigenvalue weighted by Crippen LogP contribution is 2.34. The number of hydrogen-bond acceptors (Lipinski definition) is 5. The van der Waals surface area contributed by atoms with Gasteiger partial charge in [0.2, 0.25) is 5.82 Å². The monoisotopic (exact) mass is 350 g/mol. The van der Waals surface area contributed by atoms with Crippen LogP contribution in [0.1, 0.15) is 20.3 Å². The lowest BCUT2D eigenvalue weighted by molar-refractivity contribution is -0.387. The van der Waals surface area contributed by atoms with Gasteiger partial charge in [0.05, 0.1) is 10.6 Å². The van der Waals surface area contributed by atoms with E-state index >= 15 is 0 Å². The topological polar surface area (TPSA) is 87.0 Å². The molecule has 1 unspecified atom stereocenters. The van der Waals surface area contributed by atoms with Crippen molar-refractivity contribution in [3.05, 3.63) is 46.0 Å². The molecule has 2 rings (SSSR count). The molecule has 9 heteroatoms. The Kier molecular flexibility index (Phi) is 5.05. The zero-order valence-electron chi connectivity index (χ0n) is 14.4. The molecule has 3 amide bonds. The summed E-state index contributed by atoms with van der Waals surface area (Å²) in [6, 6.07) is 2.36. The molecule has 1 atom stereocenters. The zero-order chi connectivity index (χ0) is 18.9. The van der Waals surface area contributed by atoms with Gasteiger partial charge in [0, 0.05) is 32.4 Å². The molecule has 0 bridgehead atoms. The minimum atomic E-state index is -1.22. The van der Waals surface area contributed by atoms with Crippen molar-refractivity contribution in [3.8, 4) is 0 Å². The molecule has 1 saturated heterocycles. The van der Waals surface area contributed by atoms with Crippen molar-refractivity contribution in [1.82, 2.24) is 9.80 Å². The molecular weight excluding hydrogens is 331 g/mol. The Hall–Kier alpha value is -2.97. The number of amides is 3. The average Bonchev–Trinajstić information content (AvgIpc) is 2.77. The first-order valence-electron chi connectivity index (χ1n) is 7.69. The molecule has 1 heterocycles. The minimum Gasteiger partial charge on any atom is -0.382 e. The van der Waals surface area contributed by atoms with Crippen LogP contribution >= 0.6 is 0 Å². The van der Waals surface area contributed by atoms with Gasteiger partial charge in [-0.1, -0.05) is 13.0 Å². The van der Waals surface area contributed by atoms with Crippen LogP contribution in [0.25, 0.3) is 0 Å². The van der Waals surface area contributed by atoms with Crippen LogP contribution in [0.15, 0.2) is 30.1 Å². The van der Waals surface area contributed by atoms with Gasteiger partial charge in [-0.2, -0.15) is 4.39 Å². The Morgan fingerprint density at radius 3 is 2.52 bits per heavy atom. The van der Waals surface area contributed by atoms with Crippen LogP contribution < -0.4 is 4.90 Å². The smallest absolute Gasteiger partial charge is 0.336 e. The SMILES string of the molecule is CCC(C)N1C(=O)N(c2cccc([N+](=O)[O-])c2F)C(=O)/C1=C/N(C)C. The van der Waals surface area contributed by atoms with Gasteiger partial charge in [0.15, 0.2) is 0 Å². The van der Waals surface area contributed by atoms with E-state index < -0.39 is 34.1 Å². The molecule has 1 aromatic rings. The normalized spacial score (nSPS) is 17.4. The van der Waals surface area contributed by atoms with Crippen LogP contribution in [-0.4, -0.2) is 46.8 Å². The van der Waals surface area contributed by atoms with E-state index in [4.69, 9.17) is 0 Å². The first-order chi connectivity index (χ1) is 11.7. The third-order valence-corrected chi connectivity index (χ3v) is 3.89. The third kappa shape index (κ3) is 3.17. The summed E-state index contributed by atoms with van der Waals surface area (Å²) in [6.07, 6.45) is 2.05. The number of benzene rings is 1. The molecule has 0 N–H and O–H groups in total. The molecule has 1 aliphatic heterocycles. The summed E-state index contributed by atoms with van der Waals surface area (Å²) >= 11 is 0. The molecule has 1 fully saturated rings. The lowest BCUT2D eigenvalue weighted by Crippen LogP contribution is -2.37. The summed E-state index contributed by atoms with van der Waals surface area (Å²) in [4.78, 5) is 39.1. The van der Waals surface area contributed by atoms with Crippen molar-refractivity contribution in [2.75, 3.05) is 19.0 Å². The molecule has 25 heavy (non-hydrogen) atoms. The molecule has 0 radical (unpaired) electrons. The number of urea groups is 1. The van der Waals surface area contributed by atoms with E-state index in [2.05, 4.69) is 0 Å². The van der Waals surface area contributed by atoms with Crippen LogP contribution in [0.4, 0.5) is 20.6 Å². The van der Waals surface area contributed by atoms with Gasteiger partial charge in [-0.3, -0.25) is 19.8 Å². The Bertz CT molecular complexity index is 763. The second-order valence-electron chi connectivity index (χ2n) is 5.90. The molecule has 0 aromatic heterocycles. The zero-order valence-corrected chi connectivity index (χ0v) is 14.4. The number of nitro groups is 1.